The predicted octanol–water partition coefficient (Wildman–Crippen LogP) is 1.91. The summed E-state index contributed by atoms with van der Waals surface area (Å²) in [7, 11) is 0. The Balaban J connectivity index is 0.00000156. The summed E-state index contributed by atoms with van der Waals surface area (Å²) < 4.78 is 5.44. The molecule has 0 spiro atoms. The van der Waals surface area contributed by atoms with Crippen LogP contribution in [0.1, 0.15) is 31.2 Å². The first-order valence-corrected chi connectivity index (χ1v) is 8.63. The fourth-order valence-electron chi connectivity index (χ4n) is 3.04. The third-order valence-electron chi connectivity index (χ3n) is 4.43. The molecule has 1 amide bonds. The van der Waals surface area contributed by atoms with E-state index in [0.29, 0.717) is 19.7 Å². The van der Waals surface area contributed by atoms with Crippen molar-refractivity contribution in [2.75, 3.05) is 37.7 Å². The molecule has 6 nitrogen and oxygen atoms in total. The number of nitrogens with one attached hydrogen (secondary N) is 2. The van der Waals surface area contributed by atoms with Crippen molar-refractivity contribution < 1.29 is 9.53 Å². The normalized spacial score (nSPS) is 20.6. The summed E-state index contributed by atoms with van der Waals surface area (Å²) in [5.41, 5.74) is 1.01. The fraction of sp³-hybridized carbons (Fsp3) is 0.647. The number of nitrogens with zero attached hydrogens (tertiary/aromatic N) is 2. The van der Waals surface area contributed by atoms with Crippen molar-refractivity contribution in [3.8, 4) is 0 Å². The second kappa shape index (κ2) is 11.5. The van der Waals surface area contributed by atoms with Crippen molar-refractivity contribution in [1.29, 1.82) is 0 Å². The Hall–Kier alpha value is -1.08. The highest BCUT2D eigenvalue weighted by Crippen LogP contribution is 2.17. The van der Waals surface area contributed by atoms with Gasteiger partial charge in [-0.1, -0.05) is 18.9 Å². The number of carbonyl (C=O) groups is 1. The van der Waals surface area contributed by atoms with Gasteiger partial charge in [0.1, 0.15) is 11.9 Å². The molecule has 1 atom stereocenters. The largest absolute Gasteiger partial charge is 0.366 e. The van der Waals surface area contributed by atoms with E-state index in [2.05, 4.69) is 26.6 Å². The molecule has 0 aliphatic carbocycles. The molecule has 25 heavy (non-hydrogen) atoms. The molecule has 0 unspecified atom stereocenters. The van der Waals surface area contributed by atoms with Gasteiger partial charge in [0, 0.05) is 38.9 Å². The van der Waals surface area contributed by atoms with Crippen molar-refractivity contribution in [3.05, 3.63) is 23.9 Å². The smallest absolute Gasteiger partial charge is 0.250 e. The van der Waals surface area contributed by atoms with Crippen molar-refractivity contribution in [1.82, 2.24) is 15.6 Å². The number of pyridine rings is 1. The standard InChI is InChI=1S/C17H26N4O2.2ClH/c22-17(15-13-18-7-10-23-15)20-12-14-5-6-16(19-11-14)21-8-3-1-2-4-9-21;;/h5-6,11,15,18H,1-4,7-10,12-13H2,(H,20,22);2*1H/t15-;;/m1../s1. The molecule has 3 heterocycles. The van der Waals surface area contributed by atoms with Gasteiger partial charge < -0.3 is 20.3 Å². The lowest BCUT2D eigenvalue weighted by atomic mass is 10.2. The third kappa shape index (κ3) is 6.62. The number of rotatable bonds is 4. The molecular weight excluding hydrogens is 363 g/mol. The van der Waals surface area contributed by atoms with Crippen LogP contribution < -0.4 is 15.5 Å². The average molecular weight is 391 g/mol. The first kappa shape index (κ1) is 22.0. The van der Waals surface area contributed by atoms with E-state index in [-0.39, 0.29) is 36.8 Å². The second-order valence-electron chi connectivity index (χ2n) is 6.21. The van der Waals surface area contributed by atoms with E-state index in [0.717, 1.165) is 31.0 Å². The lowest BCUT2D eigenvalue weighted by Crippen LogP contribution is -2.47. The summed E-state index contributed by atoms with van der Waals surface area (Å²) >= 11 is 0. The highest BCUT2D eigenvalue weighted by molar-refractivity contribution is 5.85. The lowest BCUT2D eigenvalue weighted by molar-refractivity contribution is -0.134. The van der Waals surface area contributed by atoms with E-state index in [1.807, 2.05) is 12.3 Å². The number of morpholine rings is 1. The Bertz CT molecular complexity index is 502. The van der Waals surface area contributed by atoms with E-state index in [1.165, 1.54) is 25.7 Å². The first-order chi connectivity index (χ1) is 11.3. The Kier molecular flexibility index (Phi) is 10.1. The Morgan fingerprint density at radius 2 is 2.00 bits per heavy atom. The summed E-state index contributed by atoms with van der Waals surface area (Å²) in [6, 6.07) is 4.11. The zero-order valence-electron chi connectivity index (χ0n) is 14.4. The van der Waals surface area contributed by atoms with E-state index < -0.39 is 0 Å². The molecule has 2 fully saturated rings. The number of hydrogen-bond donors (Lipinski definition) is 2. The number of anilines is 1. The van der Waals surface area contributed by atoms with Gasteiger partial charge in [-0.05, 0) is 24.5 Å². The molecule has 0 bridgehead atoms. The van der Waals surface area contributed by atoms with E-state index in [9.17, 15) is 4.79 Å². The van der Waals surface area contributed by atoms with Crippen LogP contribution in [0, 0.1) is 0 Å². The minimum Gasteiger partial charge on any atom is -0.366 e. The van der Waals surface area contributed by atoms with Gasteiger partial charge in [0.15, 0.2) is 0 Å². The van der Waals surface area contributed by atoms with Crippen LogP contribution in [-0.2, 0) is 16.1 Å². The third-order valence-corrected chi connectivity index (χ3v) is 4.43. The topological polar surface area (TPSA) is 66.5 Å². The molecule has 1 aromatic heterocycles. The molecule has 0 aromatic carbocycles. The predicted molar refractivity (Wildman–Crippen MR) is 104 cm³/mol. The van der Waals surface area contributed by atoms with Gasteiger partial charge in [0.25, 0.3) is 5.91 Å². The van der Waals surface area contributed by atoms with Gasteiger partial charge in [-0.15, -0.1) is 24.8 Å². The van der Waals surface area contributed by atoms with Crippen molar-refractivity contribution in [2.45, 2.75) is 38.3 Å². The Morgan fingerprint density at radius 3 is 2.60 bits per heavy atom. The maximum Gasteiger partial charge on any atom is 0.250 e. The molecule has 2 aliphatic rings. The fourth-order valence-corrected chi connectivity index (χ4v) is 3.04. The number of carbonyl (C=O) groups excluding carboxylic acids is 1. The van der Waals surface area contributed by atoms with Crippen molar-refractivity contribution in [3.63, 3.8) is 0 Å². The number of aromatic nitrogens is 1. The van der Waals surface area contributed by atoms with E-state index in [1.54, 1.807) is 0 Å². The molecule has 2 N–H and O–H groups in total. The Labute approximate surface area is 161 Å². The van der Waals surface area contributed by atoms with Crippen LogP contribution in [0.5, 0.6) is 0 Å². The number of amides is 1. The monoisotopic (exact) mass is 390 g/mol. The minimum atomic E-state index is -0.381. The van der Waals surface area contributed by atoms with Crippen molar-refractivity contribution in [2.24, 2.45) is 0 Å². The van der Waals surface area contributed by atoms with Crippen LogP contribution >= 0.6 is 24.8 Å². The zero-order chi connectivity index (χ0) is 15.9. The molecule has 2 aliphatic heterocycles. The quantitative estimate of drug-likeness (QED) is 0.821. The molecule has 2 saturated heterocycles. The van der Waals surface area contributed by atoms with Crippen LogP contribution in [-0.4, -0.2) is 49.8 Å². The first-order valence-electron chi connectivity index (χ1n) is 8.63. The Morgan fingerprint density at radius 1 is 1.24 bits per heavy atom. The van der Waals surface area contributed by atoms with Gasteiger partial charge >= 0.3 is 0 Å². The minimum absolute atomic E-state index is 0. The zero-order valence-corrected chi connectivity index (χ0v) is 16.0. The van der Waals surface area contributed by atoms with Crippen LogP contribution in [0.2, 0.25) is 0 Å². The summed E-state index contributed by atoms with van der Waals surface area (Å²) in [5.74, 6) is 0.982. The molecule has 142 valence electrons. The SMILES string of the molecule is Cl.Cl.O=C(NCc1ccc(N2CCCCCC2)nc1)[C@H]1CNCCO1. The number of ether oxygens (including phenoxy) is 1. The summed E-state index contributed by atoms with van der Waals surface area (Å²) in [4.78, 5) is 18.9. The van der Waals surface area contributed by atoms with Gasteiger partial charge in [-0.3, -0.25) is 4.79 Å². The maximum atomic E-state index is 12.0. The van der Waals surface area contributed by atoms with Crippen LogP contribution in [0.25, 0.3) is 0 Å². The second-order valence-corrected chi connectivity index (χ2v) is 6.21. The summed E-state index contributed by atoms with van der Waals surface area (Å²) in [6.07, 6.45) is 6.61. The maximum absolute atomic E-state index is 12.0. The van der Waals surface area contributed by atoms with Crippen LogP contribution in [0.4, 0.5) is 5.82 Å². The highest BCUT2D eigenvalue weighted by Gasteiger charge is 2.21. The van der Waals surface area contributed by atoms with E-state index >= 15 is 0 Å². The number of hydrogen-bond acceptors (Lipinski definition) is 5. The number of halogens is 2. The molecular formula is C17H28Cl2N4O2. The average Bonchev–Trinajstić information content (AvgIpc) is 2.90. The van der Waals surface area contributed by atoms with Gasteiger partial charge in [0.2, 0.25) is 0 Å². The lowest BCUT2D eigenvalue weighted by Gasteiger charge is -2.23. The summed E-state index contributed by atoms with van der Waals surface area (Å²) in [5, 5.41) is 6.08. The molecule has 1 aromatic rings. The summed E-state index contributed by atoms with van der Waals surface area (Å²) in [6.45, 7) is 4.66. The van der Waals surface area contributed by atoms with Gasteiger partial charge in [-0.2, -0.15) is 0 Å². The van der Waals surface area contributed by atoms with Crippen molar-refractivity contribution >= 4 is 36.5 Å². The van der Waals surface area contributed by atoms with Gasteiger partial charge in [-0.25, -0.2) is 4.98 Å². The molecule has 8 heteroatoms. The van der Waals surface area contributed by atoms with E-state index in [4.69, 9.17) is 4.74 Å². The highest BCUT2D eigenvalue weighted by atomic mass is 35.5. The molecule has 3 rings (SSSR count). The van der Waals surface area contributed by atoms with Crippen LogP contribution in [0.15, 0.2) is 18.3 Å². The van der Waals surface area contributed by atoms with Gasteiger partial charge in [0.05, 0.1) is 6.61 Å². The van der Waals surface area contributed by atoms with Crippen LogP contribution in [0.3, 0.4) is 0 Å². The molecule has 0 radical (unpaired) electrons. The molecule has 0 saturated carbocycles.